The smallest absolute Gasteiger partial charge is 0.133 e. The predicted molar refractivity (Wildman–Crippen MR) is 71.8 cm³/mol. The summed E-state index contributed by atoms with van der Waals surface area (Å²) >= 11 is 0. The summed E-state index contributed by atoms with van der Waals surface area (Å²) in [6.45, 7) is 0. The summed E-state index contributed by atoms with van der Waals surface area (Å²) in [5.74, 6) is 1.26. The Morgan fingerprint density at radius 1 is 1.11 bits per heavy atom. The molecule has 1 aliphatic rings. The van der Waals surface area contributed by atoms with Gasteiger partial charge in [-0.05, 0) is 44.6 Å². The molecule has 98 valence electrons. The van der Waals surface area contributed by atoms with Crippen molar-refractivity contribution < 1.29 is 9.53 Å². The van der Waals surface area contributed by atoms with Crippen molar-refractivity contribution in [3.63, 3.8) is 0 Å². The van der Waals surface area contributed by atoms with E-state index < -0.39 is 0 Å². The van der Waals surface area contributed by atoms with Crippen molar-refractivity contribution in [2.45, 2.75) is 31.2 Å². The first kappa shape index (κ1) is 13.1. The van der Waals surface area contributed by atoms with E-state index in [2.05, 4.69) is 31.1 Å². The summed E-state index contributed by atoms with van der Waals surface area (Å²) in [6, 6.07) is 8.23. The number of methoxy groups -OCH3 is 1. The molecule has 1 aromatic rings. The Morgan fingerprint density at radius 2 is 1.67 bits per heavy atom. The van der Waals surface area contributed by atoms with Crippen LogP contribution in [0.25, 0.3) is 0 Å². The summed E-state index contributed by atoms with van der Waals surface area (Å²) in [7, 11) is 5.87. The predicted octanol–water partition coefficient (Wildman–Crippen LogP) is 2.60. The molecule has 0 aromatic heterocycles. The van der Waals surface area contributed by atoms with Gasteiger partial charge >= 0.3 is 0 Å². The quantitative estimate of drug-likeness (QED) is 0.822. The van der Waals surface area contributed by atoms with Crippen molar-refractivity contribution in [2.24, 2.45) is 0 Å². The average molecular weight is 247 g/mol. The second-order valence-corrected chi connectivity index (χ2v) is 5.19. The SMILES string of the molecule is COc1ccc(C2(N(C)C)CCC(=O)CC2)cc1. The summed E-state index contributed by atoms with van der Waals surface area (Å²) in [6.07, 6.45) is 3.19. The molecule has 0 unspecified atom stereocenters. The normalized spacial score (nSPS) is 19.0. The average Bonchev–Trinajstić information content (AvgIpc) is 2.40. The number of Topliss-reactive ketones (excluding diaryl/α,β-unsaturated/α-hetero) is 1. The highest BCUT2D eigenvalue weighted by Crippen LogP contribution is 2.40. The minimum Gasteiger partial charge on any atom is -0.497 e. The van der Waals surface area contributed by atoms with E-state index in [4.69, 9.17) is 4.74 Å². The van der Waals surface area contributed by atoms with Crippen LogP contribution >= 0.6 is 0 Å². The number of carbonyl (C=O) groups is 1. The van der Waals surface area contributed by atoms with Crippen molar-refractivity contribution in [2.75, 3.05) is 21.2 Å². The largest absolute Gasteiger partial charge is 0.497 e. The van der Waals surface area contributed by atoms with Crippen molar-refractivity contribution in [1.29, 1.82) is 0 Å². The Kier molecular flexibility index (Phi) is 3.71. The lowest BCUT2D eigenvalue weighted by Crippen LogP contribution is -2.44. The third-order valence-corrected chi connectivity index (χ3v) is 4.12. The van der Waals surface area contributed by atoms with Gasteiger partial charge in [0.15, 0.2) is 0 Å². The van der Waals surface area contributed by atoms with Gasteiger partial charge in [-0.3, -0.25) is 9.69 Å². The van der Waals surface area contributed by atoms with Crippen LogP contribution in [0, 0.1) is 0 Å². The molecule has 1 saturated carbocycles. The van der Waals surface area contributed by atoms with Crippen molar-refractivity contribution in [3.8, 4) is 5.75 Å². The molecule has 0 saturated heterocycles. The van der Waals surface area contributed by atoms with E-state index in [1.165, 1.54) is 5.56 Å². The zero-order chi connectivity index (χ0) is 13.2. The highest BCUT2D eigenvalue weighted by Gasteiger charge is 2.38. The van der Waals surface area contributed by atoms with E-state index in [0.29, 0.717) is 18.6 Å². The summed E-state index contributed by atoms with van der Waals surface area (Å²) in [4.78, 5) is 13.7. The standard InChI is InChI=1S/C15H21NO2/c1-16(2)15(10-8-13(17)9-11-15)12-4-6-14(18-3)7-5-12/h4-7H,8-11H2,1-3H3. The highest BCUT2D eigenvalue weighted by atomic mass is 16.5. The minimum absolute atomic E-state index is 0.000180. The highest BCUT2D eigenvalue weighted by molar-refractivity contribution is 5.79. The van der Waals surface area contributed by atoms with Crippen LogP contribution in [-0.2, 0) is 10.3 Å². The van der Waals surface area contributed by atoms with E-state index in [1.54, 1.807) is 7.11 Å². The number of hydrogen-bond donors (Lipinski definition) is 0. The van der Waals surface area contributed by atoms with Crippen molar-refractivity contribution in [1.82, 2.24) is 4.90 Å². The van der Waals surface area contributed by atoms with Crippen LogP contribution in [0.5, 0.6) is 5.75 Å². The van der Waals surface area contributed by atoms with Crippen LogP contribution in [-0.4, -0.2) is 31.9 Å². The van der Waals surface area contributed by atoms with Gasteiger partial charge in [0.1, 0.15) is 11.5 Å². The second-order valence-electron chi connectivity index (χ2n) is 5.19. The lowest BCUT2D eigenvalue weighted by Gasteiger charge is -2.43. The fourth-order valence-electron chi connectivity index (χ4n) is 2.84. The van der Waals surface area contributed by atoms with Gasteiger partial charge in [-0.1, -0.05) is 12.1 Å². The fourth-order valence-corrected chi connectivity index (χ4v) is 2.84. The van der Waals surface area contributed by atoms with Gasteiger partial charge in [-0.15, -0.1) is 0 Å². The molecule has 0 amide bonds. The number of hydrogen-bond acceptors (Lipinski definition) is 3. The second kappa shape index (κ2) is 5.11. The van der Waals surface area contributed by atoms with Crippen LogP contribution in [0.3, 0.4) is 0 Å². The molecule has 1 aromatic carbocycles. The van der Waals surface area contributed by atoms with Crippen LogP contribution < -0.4 is 4.74 Å². The third kappa shape index (κ3) is 2.27. The van der Waals surface area contributed by atoms with Crippen LogP contribution in [0.2, 0.25) is 0 Å². The maximum absolute atomic E-state index is 11.5. The lowest BCUT2D eigenvalue weighted by atomic mass is 9.75. The van der Waals surface area contributed by atoms with E-state index in [1.807, 2.05) is 12.1 Å². The first-order valence-corrected chi connectivity index (χ1v) is 6.42. The lowest BCUT2D eigenvalue weighted by molar-refractivity contribution is -0.122. The molecule has 18 heavy (non-hydrogen) atoms. The van der Waals surface area contributed by atoms with Crippen LogP contribution in [0.15, 0.2) is 24.3 Å². The Labute approximate surface area is 109 Å². The van der Waals surface area contributed by atoms with Gasteiger partial charge in [0.2, 0.25) is 0 Å². The van der Waals surface area contributed by atoms with E-state index in [0.717, 1.165) is 18.6 Å². The Balaban J connectivity index is 2.31. The van der Waals surface area contributed by atoms with Crippen molar-refractivity contribution >= 4 is 5.78 Å². The molecule has 1 aliphatic carbocycles. The molecule has 0 radical (unpaired) electrons. The number of nitrogens with zero attached hydrogens (tertiary/aromatic N) is 1. The maximum atomic E-state index is 11.5. The molecule has 0 heterocycles. The number of ketones is 1. The monoisotopic (exact) mass is 247 g/mol. The molecule has 0 bridgehead atoms. The molecule has 0 N–H and O–H groups in total. The topological polar surface area (TPSA) is 29.5 Å². The van der Waals surface area contributed by atoms with E-state index >= 15 is 0 Å². The van der Waals surface area contributed by atoms with Gasteiger partial charge in [0.25, 0.3) is 0 Å². The fraction of sp³-hybridized carbons (Fsp3) is 0.533. The molecule has 3 heteroatoms. The molecular weight excluding hydrogens is 226 g/mol. The first-order chi connectivity index (χ1) is 8.58. The molecule has 3 nitrogen and oxygen atoms in total. The number of carbonyl (C=O) groups excluding carboxylic acids is 1. The van der Waals surface area contributed by atoms with E-state index in [-0.39, 0.29) is 5.54 Å². The van der Waals surface area contributed by atoms with Crippen molar-refractivity contribution in [3.05, 3.63) is 29.8 Å². The number of ether oxygens (including phenoxy) is 1. The summed E-state index contributed by atoms with van der Waals surface area (Å²) in [5, 5.41) is 0. The molecule has 0 spiro atoms. The van der Waals surface area contributed by atoms with Crippen LogP contribution in [0.4, 0.5) is 0 Å². The number of rotatable bonds is 3. The molecule has 2 rings (SSSR count). The van der Waals surface area contributed by atoms with Gasteiger partial charge in [-0.25, -0.2) is 0 Å². The zero-order valence-electron chi connectivity index (χ0n) is 11.4. The summed E-state index contributed by atoms with van der Waals surface area (Å²) < 4.78 is 5.20. The van der Waals surface area contributed by atoms with E-state index in [9.17, 15) is 4.79 Å². The van der Waals surface area contributed by atoms with Gasteiger partial charge in [0.05, 0.1) is 7.11 Å². The van der Waals surface area contributed by atoms with Gasteiger partial charge in [0, 0.05) is 18.4 Å². The third-order valence-electron chi connectivity index (χ3n) is 4.12. The van der Waals surface area contributed by atoms with Gasteiger partial charge < -0.3 is 4.74 Å². The molecule has 1 fully saturated rings. The Hall–Kier alpha value is -1.35. The molecule has 0 aliphatic heterocycles. The maximum Gasteiger partial charge on any atom is 0.133 e. The number of benzene rings is 1. The minimum atomic E-state index is 0.000180. The summed E-state index contributed by atoms with van der Waals surface area (Å²) in [5.41, 5.74) is 1.28. The molecular formula is C15H21NO2. The van der Waals surface area contributed by atoms with Gasteiger partial charge in [-0.2, -0.15) is 0 Å². The van der Waals surface area contributed by atoms with Crippen LogP contribution in [0.1, 0.15) is 31.2 Å². The Morgan fingerprint density at radius 3 is 2.11 bits per heavy atom. The first-order valence-electron chi connectivity index (χ1n) is 6.42. The Bertz CT molecular complexity index is 413. The molecule has 0 atom stereocenters. The zero-order valence-corrected chi connectivity index (χ0v) is 11.4.